The number of para-hydroxylation sites is 2. The van der Waals surface area contributed by atoms with Gasteiger partial charge < -0.3 is 43.2 Å². The number of aromatic nitrogens is 3. The second-order valence-corrected chi connectivity index (χ2v) is 17.4. The summed E-state index contributed by atoms with van der Waals surface area (Å²) in [7, 11) is 2.03. The molecular weight excluding hydrogens is 923 g/mol. The molecule has 0 fully saturated rings. The Labute approximate surface area is 429 Å². The van der Waals surface area contributed by atoms with Crippen molar-refractivity contribution in [3.8, 4) is 57.6 Å². The van der Waals surface area contributed by atoms with Gasteiger partial charge in [-0.3, -0.25) is 20.0 Å². The third-order valence-corrected chi connectivity index (χ3v) is 11.8. The van der Waals surface area contributed by atoms with E-state index in [9.17, 15) is 0 Å². The van der Waals surface area contributed by atoms with Gasteiger partial charge in [0.2, 0.25) is 0 Å². The summed E-state index contributed by atoms with van der Waals surface area (Å²) >= 11 is 0. The predicted molar refractivity (Wildman–Crippen MR) is 278 cm³/mol. The second kappa shape index (κ2) is 29.5. The summed E-state index contributed by atoms with van der Waals surface area (Å²) < 4.78 is 47.0. The van der Waals surface area contributed by atoms with Crippen LogP contribution in [0.15, 0.2) is 140 Å². The zero-order valence-corrected chi connectivity index (χ0v) is 41.9. The molecular formula is C58H67N7O8+. The zero-order valence-electron chi connectivity index (χ0n) is 41.9. The molecule has 15 nitrogen and oxygen atoms in total. The Morgan fingerprint density at radius 2 is 1.01 bits per heavy atom. The Bertz CT molecular complexity index is 2610. The summed E-state index contributed by atoms with van der Waals surface area (Å²) in [6.45, 7) is 7.74. The molecule has 6 aromatic rings. The Morgan fingerprint density at radius 1 is 0.493 bits per heavy atom. The summed E-state index contributed by atoms with van der Waals surface area (Å²) in [6.07, 6.45) is 11.3. The Morgan fingerprint density at radius 3 is 1.60 bits per heavy atom. The number of benzene rings is 3. The van der Waals surface area contributed by atoms with Gasteiger partial charge >= 0.3 is 0 Å². The van der Waals surface area contributed by atoms with Crippen LogP contribution in [0.4, 0.5) is 0 Å². The van der Waals surface area contributed by atoms with Crippen molar-refractivity contribution in [2.75, 3.05) is 92.9 Å². The van der Waals surface area contributed by atoms with Crippen LogP contribution in [0.25, 0.3) is 22.8 Å². The van der Waals surface area contributed by atoms with E-state index in [4.69, 9.17) is 48.4 Å². The van der Waals surface area contributed by atoms with Crippen LogP contribution in [0, 0.1) is 11.8 Å². The third-order valence-electron chi connectivity index (χ3n) is 11.8. The van der Waals surface area contributed by atoms with Gasteiger partial charge in [-0.05, 0) is 116 Å². The van der Waals surface area contributed by atoms with E-state index in [1.165, 1.54) is 24.1 Å². The lowest BCUT2D eigenvalue weighted by Gasteiger charge is -2.17. The molecule has 15 heteroatoms. The number of ether oxygens (including phenoxy) is 8. The number of nitrogens with zero attached hydrogens (tertiary/aromatic N) is 6. The van der Waals surface area contributed by atoms with E-state index in [1.54, 1.807) is 12.4 Å². The average Bonchev–Trinajstić information content (AvgIpc) is 3.78. The number of nitrogens with two attached hydrogens (primary N) is 1. The van der Waals surface area contributed by atoms with Crippen LogP contribution in [0.5, 0.6) is 23.0 Å². The molecule has 3 aromatic carbocycles. The largest absolute Gasteiger partial charge is 0.487 e. The number of quaternary nitrogens is 1. The lowest BCUT2D eigenvalue weighted by atomic mass is 10.1. The van der Waals surface area contributed by atoms with Crippen LogP contribution >= 0.6 is 0 Å². The highest BCUT2D eigenvalue weighted by molar-refractivity contribution is 5.65. The van der Waals surface area contributed by atoms with Gasteiger partial charge in [-0.25, -0.2) is 4.98 Å². The Balaban J connectivity index is 0.728. The number of allylic oxidation sites excluding steroid dienone is 1. The highest BCUT2D eigenvalue weighted by atomic mass is 16.6. The molecule has 2 N–H and O–H groups in total. The van der Waals surface area contributed by atoms with E-state index in [-0.39, 0.29) is 0 Å². The minimum absolute atomic E-state index is 0.389. The van der Waals surface area contributed by atoms with Gasteiger partial charge in [0.25, 0.3) is 0 Å². The minimum Gasteiger partial charge on any atom is -0.487 e. The van der Waals surface area contributed by atoms with Crippen LogP contribution in [-0.4, -0.2) is 118 Å². The molecule has 2 aliphatic rings. The van der Waals surface area contributed by atoms with Crippen LogP contribution in [-0.2, 0) is 32.0 Å². The van der Waals surface area contributed by atoms with Crippen LogP contribution < -0.4 is 29.8 Å². The molecule has 3 aromatic heterocycles. The molecule has 0 amide bonds. The van der Waals surface area contributed by atoms with Crippen molar-refractivity contribution < 1.29 is 43.2 Å². The standard InChI is InChI=1S/C58H66N7O8/c1-64-50(45-65(63-64)44-47-20-17-46(18-21-47)19-22-48-40-53(51-13-7-10-26-60-51)62-54(41-48)52-14-8-11-27-61-52)12-4-2-3-9-25-59-43-49-23-24-57-58(42-49)73-39-35-69-31-30-67-33-37-71-56-16-6-5-15-55(56)70-36-32-66-28-29-68-34-38-72-57/h5-8,10-11,13-18,20-21,23-24,26-27,40-42,45,59H,2-4,9,12,25,28-39,43-44H2,1H3/p+1. The van der Waals surface area contributed by atoms with E-state index in [1.807, 2.05) is 95.9 Å². The lowest BCUT2D eigenvalue weighted by Crippen LogP contribution is -2.82. The molecule has 8 rings (SSSR count). The van der Waals surface area contributed by atoms with Crippen LogP contribution in [0.2, 0.25) is 0 Å². The fourth-order valence-electron chi connectivity index (χ4n) is 8.04. The van der Waals surface area contributed by atoms with Crippen molar-refractivity contribution in [1.29, 1.82) is 0 Å². The monoisotopic (exact) mass is 990 g/mol. The van der Waals surface area contributed by atoms with Gasteiger partial charge in [0.05, 0.1) is 94.4 Å². The number of hydrogen-bond acceptors (Lipinski definition) is 13. The summed E-state index contributed by atoms with van der Waals surface area (Å²) in [6, 6.07) is 37.7. The molecule has 0 atom stereocenters. The van der Waals surface area contributed by atoms with Crippen molar-refractivity contribution in [3.05, 3.63) is 162 Å². The molecule has 0 saturated heterocycles. The average molecular weight is 990 g/mol. The Kier molecular flexibility index (Phi) is 21.1. The molecule has 0 spiro atoms. The molecule has 381 valence electrons. The quantitative estimate of drug-likeness (QED) is 0.0894. The van der Waals surface area contributed by atoms with Crippen molar-refractivity contribution >= 4 is 0 Å². The summed E-state index contributed by atoms with van der Waals surface area (Å²) in [5.41, 5.74) is 13.2. The van der Waals surface area contributed by atoms with E-state index < -0.39 is 0 Å². The molecule has 0 bridgehead atoms. The topological polar surface area (TPSA) is 150 Å². The van der Waals surface area contributed by atoms with Gasteiger partial charge in [-0.2, -0.15) is 0 Å². The number of pyridine rings is 3. The number of unbranched alkanes of at least 4 members (excludes halogenated alkanes) is 3. The number of hydrogen-bond donors (Lipinski definition) is 1. The number of rotatable bonds is 13. The summed E-state index contributed by atoms with van der Waals surface area (Å²) in [4.78, 5) is 13.9. The first-order valence-electron chi connectivity index (χ1n) is 25.4. The first-order valence-corrected chi connectivity index (χ1v) is 25.4. The molecule has 5 heterocycles. The highest BCUT2D eigenvalue weighted by Crippen LogP contribution is 2.29. The van der Waals surface area contributed by atoms with Crippen molar-refractivity contribution in [2.24, 2.45) is 0 Å². The third kappa shape index (κ3) is 17.6. The van der Waals surface area contributed by atoms with Crippen molar-refractivity contribution in [3.63, 3.8) is 0 Å². The van der Waals surface area contributed by atoms with Crippen molar-refractivity contribution in [2.45, 2.75) is 45.2 Å². The second-order valence-electron chi connectivity index (χ2n) is 17.4. The van der Waals surface area contributed by atoms with E-state index in [2.05, 4.69) is 69.7 Å². The van der Waals surface area contributed by atoms with Crippen LogP contribution in [0.3, 0.4) is 0 Å². The van der Waals surface area contributed by atoms with Gasteiger partial charge in [0.1, 0.15) is 33.0 Å². The van der Waals surface area contributed by atoms with E-state index in [0.29, 0.717) is 109 Å². The first-order chi connectivity index (χ1) is 36.1. The molecule has 73 heavy (non-hydrogen) atoms. The van der Waals surface area contributed by atoms with Crippen LogP contribution in [0.1, 0.15) is 54.4 Å². The predicted octanol–water partition coefficient (Wildman–Crippen LogP) is 7.64. The highest BCUT2D eigenvalue weighted by Gasteiger charge is 2.19. The van der Waals surface area contributed by atoms with Gasteiger partial charge in [-0.1, -0.05) is 54.7 Å². The maximum Gasteiger partial charge on any atom is 0.161 e. The molecule has 2 aliphatic heterocycles. The lowest BCUT2D eigenvalue weighted by molar-refractivity contribution is -0.671. The van der Waals surface area contributed by atoms with E-state index in [0.717, 1.165) is 71.8 Å². The van der Waals surface area contributed by atoms with Gasteiger partial charge in [0, 0.05) is 42.3 Å². The minimum atomic E-state index is 0.389. The van der Waals surface area contributed by atoms with Gasteiger partial charge in [0.15, 0.2) is 23.0 Å². The zero-order chi connectivity index (χ0) is 50.0. The first kappa shape index (κ1) is 52.3. The maximum absolute atomic E-state index is 6.18. The molecule has 1 radical (unpaired) electrons. The summed E-state index contributed by atoms with van der Waals surface area (Å²) in [5, 5.41) is 6.38. The molecule has 0 aliphatic carbocycles. The fourth-order valence-corrected chi connectivity index (χ4v) is 8.04. The Hall–Kier alpha value is -7.03. The summed E-state index contributed by atoms with van der Waals surface area (Å²) in [5.74, 6) is 9.42. The van der Waals surface area contributed by atoms with E-state index >= 15 is 0 Å². The molecule has 0 saturated carbocycles. The molecule has 0 unspecified atom stereocenters. The SMILES string of the molecule is CN1[N]N(Cc2ccc(C#Cc3cc(-c4ccccn4)nc(-c4ccccn4)c3)cc2)C=C1CCCCCC[NH2+]Cc1ccc2c(c1)OCCOCCOCCOc1ccccc1OCCOCCOCCO2. The fraction of sp³-hybridized carbons (Fsp3) is 0.362. The number of fused-ring (bicyclic) bond motifs is 2. The van der Waals surface area contributed by atoms with Crippen molar-refractivity contribution in [1.82, 2.24) is 30.5 Å². The normalized spacial score (nSPS) is 15.4. The maximum atomic E-state index is 6.18. The van der Waals surface area contributed by atoms with Gasteiger partial charge in [-0.15, -0.1) is 0 Å². The smallest absolute Gasteiger partial charge is 0.161 e.